The van der Waals surface area contributed by atoms with Crippen LogP contribution >= 0.6 is 0 Å². The van der Waals surface area contributed by atoms with Gasteiger partial charge in [0.1, 0.15) is 23.0 Å². The number of fused-ring (bicyclic) bond motifs is 5. The number of hydrogen-bond donors (Lipinski definition) is 4. The Bertz CT molecular complexity index is 1750. The largest absolute Gasteiger partial charge is 0.507 e. The van der Waals surface area contributed by atoms with Crippen LogP contribution in [0.5, 0.6) is 23.0 Å². The third-order valence-electron chi connectivity index (χ3n) is 7.78. The van der Waals surface area contributed by atoms with Gasteiger partial charge in [0.05, 0.1) is 5.41 Å². The highest BCUT2D eigenvalue weighted by Crippen LogP contribution is 2.60. The van der Waals surface area contributed by atoms with Crippen LogP contribution in [0.1, 0.15) is 22.3 Å². The van der Waals surface area contributed by atoms with E-state index in [1.807, 2.05) is 60.7 Å². The number of aromatic hydroxyl groups is 4. The molecule has 0 spiro atoms. The summed E-state index contributed by atoms with van der Waals surface area (Å²) in [5.74, 6) is 0.250. The van der Waals surface area contributed by atoms with Crippen molar-refractivity contribution in [2.75, 3.05) is 0 Å². The van der Waals surface area contributed by atoms with Crippen molar-refractivity contribution in [3.05, 3.63) is 131 Å². The summed E-state index contributed by atoms with van der Waals surface area (Å²) in [6.07, 6.45) is 0. The second-order valence-corrected chi connectivity index (χ2v) is 9.51. The molecule has 6 aromatic rings. The van der Waals surface area contributed by atoms with Crippen molar-refractivity contribution in [2.45, 2.75) is 5.41 Å². The quantitative estimate of drug-likeness (QED) is 0.210. The van der Waals surface area contributed by atoms with Crippen LogP contribution in [-0.2, 0) is 5.41 Å². The molecule has 4 nitrogen and oxygen atoms in total. The second-order valence-electron chi connectivity index (χ2n) is 9.51. The van der Waals surface area contributed by atoms with Crippen LogP contribution in [0.15, 0.2) is 109 Å². The summed E-state index contributed by atoms with van der Waals surface area (Å²) in [5, 5.41) is 46.7. The maximum atomic E-state index is 11.8. The van der Waals surface area contributed by atoms with Crippen LogP contribution in [0.4, 0.5) is 0 Å². The predicted molar refractivity (Wildman–Crippen MR) is 145 cm³/mol. The number of phenols is 4. The van der Waals surface area contributed by atoms with Gasteiger partial charge in [0.15, 0.2) is 0 Å². The molecule has 1 aliphatic rings. The number of benzene rings is 6. The molecule has 0 atom stereocenters. The maximum Gasteiger partial charge on any atom is 0.128 e. The first-order chi connectivity index (χ1) is 18.0. The molecule has 0 heterocycles. The molecule has 178 valence electrons. The van der Waals surface area contributed by atoms with E-state index in [-0.39, 0.29) is 23.0 Å². The van der Waals surface area contributed by atoms with Gasteiger partial charge in [0.2, 0.25) is 0 Å². The lowest BCUT2D eigenvalue weighted by atomic mass is 9.66. The summed E-state index contributed by atoms with van der Waals surface area (Å²) < 4.78 is 0. The van der Waals surface area contributed by atoms with Crippen LogP contribution in [-0.4, -0.2) is 20.4 Å². The van der Waals surface area contributed by atoms with E-state index < -0.39 is 5.41 Å². The molecular weight excluding hydrogens is 460 g/mol. The zero-order valence-corrected chi connectivity index (χ0v) is 19.7. The molecule has 4 N–H and O–H groups in total. The first kappa shape index (κ1) is 21.3. The summed E-state index contributed by atoms with van der Waals surface area (Å²) in [6, 6.07) is 33.6. The van der Waals surface area contributed by atoms with Crippen molar-refractivity contribution < 1.29 is 20.4 Å². The Hall–Kier alpha value is -4.96. The number of rotatable bonds is 2. The monoisotopic (exact) mass is 482 g/mol. The molecule has 0 bridgehead atoms. The Morgan fingerprint density at radius 2 is 0.784 bits per heavy atom. The van der Waals surface area contributed by atoms with Crippen molar-refractivity contribution in [2.24, 2.45) is 0 Å². The van der Waals surface area contributed by atoms with Gasteiger partial charge in [-0.05, 0) is 34.4 Å². The molecular formula is C33H22O4. The lowest BCUT2D eigenvalue weighted by Crippen LogP contribution is -2.29. The van der Waals surface area contributed by atoms with Gasteiger partial charge in [0, 0.05) is 32.7 Å². The third-order valence-corrected chi connectivity index (χ3v) is 7.78. The Kier molecular flexibility index (Phi) is 4.33. The topological polar surface area (TPSA) is 80.9 Å². The van der Waals surface area contributed by atoms with E-state index in [0.29, 0.717) is 32.7 Å². The van der Waals surface area contributed by atoms with Crippen molar-refractivity contribution in [1.29, 1.82) is 0 Å². The molecule has 0 fully saturated rings. The van der Waals surface area contributed by atoms with Crippen LogP contribution in [0, 0.1) is 0 Å². The molecule has 0 unspecified atom stereocenters. The minimum absolute atomic E-state index is 0.0373. The summed E-state index contributed by atoms with van der Waals surface area (Å²) in [7, 11) is 0. The molecule has 6 aromatic carbocycles. The fourth-order valence-electron chi connectivity index (χ4n) is 6.22. The lowest BCUT2D eigenvalue weighted by molar-refractivity contribution is 0.453. The number of phenolic OH excluding ortho intramolecular Hbond substituents is 4. The molecule has 0 aromatic heterocycles. The molecule has 0 radical (unpaired) electrons. The summed E-state index contributed by atoms with van der Waals surface area (Å²) in [6.45, 7) is 0. The van der Waals surface area contributed by atoms with E-state index in [0.717, 1.165) is 22.3 Å². The molecule has 0 saturated heterocycles. The van der Waals surface area contributed by atoms with Gasteiger partial charge < -0.3 is 20.4 Å². The van der Waals surface area contributed by atoms with Crippen LogP contribution in [0.2, 0.25) is 0 Å². The van der Waals surface area contributed by atoms with Gasteiger partial charge in [-0.15, -0.1) is 0 Å². The Labute approximate surface area is 213 Å². The van der Waals surface area contributed by atoms with E-state index >= 15 is 0 Å². The fraction of sp³-hybridized carbons (Fsp3) is 0.0303. The smallest absolute Gasteiger partial charge is 0.128 e. The van der Waals surface area contributed by atoms with Gasteiger partial charge in [0.25, 0.3) is 0 Å². The van der Waals surface area contributed by atoms with Crippen LogP contribution in [0.3, 0.4) is 0 Å². The Morgan fingerprint density at radius 3 is 1.24 bits per heavy atom. The lowest BCUT2D eigenvalue weighted by Gasteiger charge is -2.35. The first-order valence-electron chi connectivity index (χ1n) is 12.1. The van der Waals surface area contributed by atoms with Crippen LogP contribution < -0.4 is 0 Å². The summed E-state index contributed by atoms with van der Waals surface area (Å²) in [4.78, 5) is 0. The van der Waals surface area contributed by atoms with E-state index in [1.54, 1.807) is 36.4 Å². The minimum Gasteiger partial charge on any atom is -0.507 e. The third kappa shape index (κ3) is 2.67. The summed E-state index contributed by atoms with van der Waals surface area (Å²) >= 11 is 0. The van der Waals surface area contributed by atoms with Crippen molar-refractivity contribution in [1.82, 2.24) is 0 Å². The molecule has 0 aliphatic heterocycles. The first-order valence-corrected chi connectivity index (χ1v) is 12.1. The zero-order chi connectivity index (χ0) is 25.3. The van der Waals surface area contributed by atoms with Crippen molar-refractivity contribution in [3.63, 3.8) is 0 Å². The minimum atomic E-state index is -1.05. The average molecular weight is 483 g/mol. The van der Waals surface area contributed by atoms with Gasteiger partial charge >= 0.3 is 0 Å². The molecule has 0 amide bonds. The Morgan fingerprint density at radius 1 is 0.351 bits per heavy atom. The van der Waals surface area contributed by atoms with Gasteiger partial charge in [-0.3, -0.25) is 0 Å². The van der Waals surface area contributed by atoms with Gasteiger partial charge in [-0.1, -0.05) is 97.1 Å². The second kappa shape index (κ2) is 7.52. The highest BCUT2D eigenvalue weighted by Gasteiger charge is 2.49. The van der Waals surface area contributed by atoms with Crippen molar-refractivity contribution >= 4 is 21.5 Å². The highest BCUT2D eigenvalue weighted by molar-refractivity contribution is 5.99. The molecule has 0 saturated carbocycles. The van der Waals surface area contributed by atoms with Gasteiger partial charge in [-0.25, -0.2) is 0 Å². The molecule has 1 aliphatic carbocycles. The standard InChI is InChI=1S/C33H22O4/c34-29-13-5-9-23-21(29)15-17-27(31(23)36)33(28-18-16-22-24(32(28)37)10-6-14-30(22)35)25-11-3-1-7-19(25)20-8-2-4-12-26(20)33/h1-18,34-37H. The van der Waals surface area contributed by atoms with E-state index in [1.165, 1.54) is 0 Å². The predicted octanol–water partition coefficient (Wildman–Crippen LogP) is 7.18. The summed E-state index contributed by atoms with van der Waals surface area (Å²) in [5.41, 5.74) is 4.03. The molecule has 4 heteroatoms. The van der Waals surface area contributed by atoms with Crippen molar-refractivity contribution in [3.8, 4) is 34.1 Å². The normalized spacial score (nSPS) is 13.5. The maximum absolute atomic E-state index is 11.8. The SMILES string of the molecule is Oc1cccc2c(O)c(C3(c4ccc5c(O)cccc5c4O)c4ccccc4-c4ccccc43)ccc12. The average Bonchev–Trinajstić information content (AvgIpc) is 3.21. The molecule has 7 rings (SSSR count). The zero-order valence-electron chi connectivity index (χ0n) is 19.7. The number of hydrogen-bond acceptors (Lipinski definition) is 4. The fourth-order valence-corrected chi connectivity index (χ4v) is 6.22. The van der Waals surface area contributed by atoms with E-state index in [2.05, 4.69) is 12.1 Å². The van der Waals surface area contributed by atoms with Gasteiger partial charge in [-0.2, -0.15) is 0 Å². The van der Waals surface area contributed by atoms with E-state index in [9.17, 15) is 20.4 Å². The Balaban J connectivity index is 1.70. The van der Waals surface area contributed by atoms with E-state index in [4.69, 9.17) is 0 Å². The highest BCUT2D eigenvalue weighted by atomic mass is 16.3. The van der Waals surface area contributed by atoms with Crippen LogP contribution in [0.25, 0.3) is 32.7 Å². The molecule has 37 heavy (non-hydrogen) atoms.